The molecule has 0 spiro atoms. The predicted octanol–water partition coefficient (Wildman–Crippen LogP) is 3.05. The smallest absolute Gasteiger partial charge is 0.438 e. The highest BCUT2D eigenvalue weighted by Gasteiger charge is 2.48. The van der Waals surface area contributed by atoms with Gasteiger partial charge in [-0.2, -0.15) is 0 Å². The number of hydrogen-bond donors (Lipinski definition) is 0. The molecule has 0 heterocycles. The fraction of sp³-hybridized carbons (Fsp3) is 0.364. The summed E-state index contributed by atoms with van der Waals surface area (Å²) in [7, 11) is 1.32. The van der Waals surface area contributed by atoms with E-state index in [-0.39, 0.29) is 4.93 Å². The molecule has 1 aromatic carbocycles. The Bertz CT molecular complexity index is 346. The van der Waals surface area contributed by atoms with Crippen LogP contribution in [0.15, 0.2) is 35.2 Å². The van der Waals surface area contributed by atoms with Crippen molar-refractivity contribution in [2.24, 2.45) is 0 Å². The molecule has 2 rings (SSSR count). The van der Waals surface area contributed by atoms with Crippen molar-refractivity contribution in [1.82, 2.24) is 0 Å². The zero-order valence-corrected chi connectivity index (χ0v) is 9.25. The number of thioether (sulfide) groups is 1. The van der Waals surface area contributed by atoms with Gasteiger partial charge in [0.2, 0.25) is 0 Å². The summed E-state index contributed by atoms with van der Waals surface area (Å²) in [6, 6.07) is 9.91. The monoisotopic (exact) mass is 224 g/mol. The molecule has 1 aliphatic rings. The minimum atomic E-state index is -0.601. The van der Waals surface area contributed by atoms with Crippen molar-refractivity contribution >= 4 is 17.9 Å². The van der Waals surface area contributed by atoms with Crippen molar-refractivity contribution in [2.45, 2.75) is 22.7 Å². The zero-order chi connectivity index (χ0) is 10.7. The van der Waals surface area contributed by atoms with Crippen LogP contribution >= 0.6 is 11.8 Å². The van der Waals surface area contributed by atoms with Crippen LogP contribution < -0.4 is 0 Å². The minimum absolute atomic E-state index is 0.381. The van der Waals surface area contributed by atoms with E-state index in [1.165, 1.54) is 7.11 Å². The number of methoxy groups -OCH3 is 1. The Balaban J connectivity index is 1.97. The number of hydrogen-bond acceptors (Lipinski definition) is 4. The van der Waals surface area contributed by atoms with Crippen molar-refractivity contribution in [3.8, 4) is 0 Å². The Morgan fingerprint density at radius 2 is 2.00 bits per heavy atom. The Labute approximate surface area is 92.8 Å². The number of carbonyl (C=O) groups is 1. The van der Waals surface area contributed by atoms with Gasteiger partial charge in [0, 0.05) is 17.7 Å². The Kier molecular flexibility index (Phi) is 2.86. The lowest BCUT2D eigenvalue weighted by Gasteiger charge is -2.14. The van der Waals surface area contributed by atoms with E-state index in [1.54, 1.807) is 11.8 Å². The lowest BCUT2D eigenvalue weighted by Crippen LogP contribution is -2.15. The molecule has 0 saturated heterocycles. The largest absolute Gasteiger partial charge is 0.509 e. The summed E-state index contributed by atoms with van der Waals surface area (Å²) < 4.78 is 9.69. The van der Waals surface area contributed by atoms with Gasteiger partial charge in [0.15, 0.2) is 4.93 Å². The van der Waals surface area contributed by atoms with E-state index < -0.39 is 6.16 Å². The molecular weight excluding hydrogens is 212 g/mol. The van der Waals surface area contributed by atoms with Crippen LogP contribution in [-0.4, -0.2) is 18.2 Å². The molecule has 0 unspecified atom stereocenters. The summed E-state index contributed by atoms with van der Waals surface area (Å²) in [6.45, 7) is 0. The summed E-state index contributed by atoms with van der Waals surface area (Å²) >= 11 is 1.58. The Morgan fingerprint density at radius 1 is 1.33 bits per heavy atom. The van der Waals surface area contributed by atoms with Crippen molar-refractivity contribution in [1.29, 1.82) is 0 Å². The van der Waals surface area contributed by atoms with Gasteiger partial charge in [0.05, 0.1) is 7.11 Å². The van der Waals surface area contributed by atoms with Crippen LogP contribution in [0.3, 0.4) is 0 Å². The van der Waals surface area contributed by atoms with E-state index >= 15 is 0 Å². The summed E-state index contributed by atoms with van der Waals surface area (Å²) in [5.41, 5.74) is 0. The van der Waals surface area contributed by atoms with Crippen LogP contribution in [0, 0.1) is 0 Å². The summed E-state index contributed by atoms with van der Waals surface area (Å²) in [4.78, 5) is 11.7. The van der Waals surface area contributed by atoms with Crippen molar-refractivity contribution in [3.63, 3.8) is 0 Å². The van der Waals surface area contributed by atoms with E-state index in [1.807, 2.05) is 30.3 Å². The minimum Gasteiger partial charge on any atom is -0.438 e. The highest BCUT2D eigenvalue weighted by molar-refractivity contribution is 8.00. The Morgan fingerprint density at radius 3 is 2.53 bits per heavy atom. The third-order valence-corrected chi connectivity index (χ3v) is 3.51. The molecule has 3 nitrogen and oxygen atoms in total. The van der Waals surface area contributed by atoms with Crippen LogP contribution in [0.2, 0.25) is 0 Å². The first kappa shape index (κ1) is 10.4. The van der Waals surface area contributed by atoms with Gasteiger partial charge in [0.25, 0.3) is 0 Å². The van der Waals surface area contributed by atoms with E-state index in [9.17, 15) is 4.79 Å². The number of carbonyl (C=O) groups excluding carboxylic acids is 1. The molecule has 1 aromatic rings. The molecule has 0 amide bonds. The number of rotatable bonds is 3. The highest BCUT2D eigenvalue weighted by Crippen LogP contribution is 2.52. The lowest BCUT2D eigenvalue weighted by atomic mass is 10.4. The maximum atomic E-state index is 11.0. The molecule has 0 atom stereocenters. The number of ether oxygens (including phenoxy) is 2. The highest BCUT2D eigenvalue weighted by atomic mass is 32.2. The van der Waals surface area contributed by atoms with E-state index in [4.69, 9.17) is 4.74 Å². The maximum Gasteiger partial charge on any atom is 0.509 e. The molecule has 0 bridgehead atoms. The fourth-order valence-corrected chi connectivity index (χ4v) is 2.36. The van der Waals surface area contributed by atoms with Crippen molar-refractivity contribution in [3.05, 3.63) is 30.3 Å². The molecule has 4 heteroatoms. The van der Waals surface area contributed by atoms with Gasteiger partial charge in [-0.15, -0.1) is 0 Å². The lowest BCUT2D eigenvalue weighted by molar-refractivity contribution is 0.0571. The van der Waals surface area contributed by atoms with Gasteiger partial charge in [-0.25, -0.2) is 4.79 Å². The van der Waals surface area contributed by atoms with Crippen LogP contribution in [-0.2, 0) is 9.47 Å². The third-order valence-electron chi connectivity index (χ3n) is 2.14. The third kappa shape index (κ3) is 2.65. The molecule has 1 fully saturated rings. The Hall–Kier alpha value is -1.16. The van der Waals surface area contributed by atoms with E-state index in [2.05, 4.69) is 4.74 Å². The predicted molar refractivity (Wildman–Crippen MR) is 57.8 cm³/mol. The molecule has 0 aromatic heterocycles. The number of benzene rings is 1. The SMILES string of the molecule is COC(=O)OC1(Sc2ccccc2)CC1. The van der Waals surface area contributed by atoms with Gasteiger partial charge in [-0.05, 0) is 12.1 Å². The second-order valence-corrected chi connectivity index (χ2v) is 4.80. The molecule has 1 saturated carbocycles. The van der Waals surface area contributed by atoms with E-state index in [0.717, 1.165) is 17.7 Å². The first-order valence-corrected chi connectivity index (χ1v) is 5.57. The maximum absolute atomic E-state index is 11.0. The normalized spacial score (nSPS) is 16.9. The van der Waals surface area contributed by atoms with Gasteiger partial charge in [-0.1, -0.05) is 30.0 Å². The van der Waals surface area contributed by atoms with Crippen LogP contribution in [0.5, 0.6) is 0 Å². The summed E-state index contributed by atoms with van der Waals surface area (Å²) in [6.07, 6.45) is 1.18. The summed E-state index contributed by atoms with van der Waals surface area (Å²) in [5, 5.41) is 0. The first-order valence-electron chi connectivity index (χ1n) is 4.75. The van der Waals surface area contributed by atoms with Gasteiger partial charge >= 0.3 is 6.16 Å². The van der Waals surface area contributed by atoms with E-state index in [0.29, 0.717) is 0 Å². The van der Waals surface area contributed by atoms with Gasteiger partial charge in [-0.3, -0.25) is 0 Å². The molecule has 0 radical (unpaired) electrons. The average molecular weight is 224 g/mol. The average Bonchev–Trinajstić information content (AvgIpc) is 2.99. The van der Waals surface area contributed by atoms with Gasteiger partial charge < -0.3 is 9.47 Å². The van der Waals surface area contributed by atoms with Crippen molar-refractivity contribution < 1.29 is 14.3 Å². The molecule has 0 N–H and O–H groups in total. The van der Waals surface area contributed by atoms with Crippen molar-refractivity contribution in [2.75, 3.05) is 7.11 Å². The van der Waals surface area contributed by atoms with Gasteiger partial charge in [0.1, 0.15) is 0 Å². The molecule has 0 aliphatic heterocycles. The fourth-order valence-electron chi connectivity index (χ4n) is 1.22. The summed E-state index contributed by atoms with van der Waals surface area (Å²) in [5.74, 6) is 0. The van der Waals surface area contributed by atoms with Crippen LogP contribution in [0.1, 0.15) is 12.8 Å². The first-order chi connectivity index (χ1) is 7.24. The molecule has 1 aliphatic carbocycles. The van der Waals surface area contributed by atoms with Crippen LogP contribution in [0.4, 0.5) is 4.79 Å². The second-order valence-electron chi connectivity index (χ2n) is 3.38. The topological polar surface area (TPSA) is 35.5 Å². The molecular formula is C11H12O3S. The standard InChI is InChI=1S/C11H12O3S/c1-13-10(12)14-11(7-8-11)15-9-5-3-2-4-6-9/h2-6H,7-8H2,1H3. The molecule has 80 valence electrons. The van der Waals surface area contributed by atoms with Crippen LogP contribution in [0.25, 0.3) is 0 Å². The molecule has 15 heavy (non-hydrogen) atoms. The quantitative estimate of drug-likeness (QED) is 0.584. The second kappa shape index (κ2) is 4.14. The zero-order valence-electron chi connectivity index (χ0n) is 8.43.